The van der Waals surface area contributed by atoms with Gasteiger partial charge in [-0.1, -0.05) is 12.1 Å². The van der Waals surface area contributed by atoms with Crippen LogP contribution in [0.25, 0.3) is 0 Å². The highest BCUT2D eigenvalue weighted by molar-refractivity contribution is 7.91. The molecule has 140 valence electrons. The van der Waals surface area contributed by atoms with E-state index >= 15 is 0 Å². The standard InChI is InChI=1S/C17H27FN4O2S/c1-4-19-17(21-15-8-9-25(23,24)12-15)20-11-16(22(2)3)13-6-5-7-14(18)10-13/h5-7,10,15-16H,4,8-9,11-12H2,1-3H3,(H2,19,20,21). The van der Waals surface area contributed by atoms with E-state index in [9.17, 15) is 12.8 Å². The minimum Gasteiger partial charge on any atom is -0.357 e. The lowest BCUT2D eigenvalue weighted by Gasteiger charge is -2.24. The van der Waals surface area contributed by atoms with Crippen LogP contribution in [-0.2, 0) is 9.84 Å². The van der Waals surface area contributed by atoms with Crippen LogP contribution in [0.4, 0.5) is 4.39 Å². The van der Waals surface area contributed by atoms with Gasteiger partial charge in [-0.3, -0.25) is 4.99 Å². The molecule has 0 saturated carbocycles. The van der Waals surface area contributed by atoms with Crippen molar-refractivity contribution in [2.24, 2.45) is 4.99 Å². The Morgan fingerprint density at radius 3 is 2.76 bits per heavy atom. The predicted octanol–water partition coefficient (Wildman–Crippen LogP) is 1.17. The summed E-state index contributed by atoms with van der Waals surface area (Å²) in [7, 11) is 0.907. The highest BCUT2D eigenvalue weighted by atomic mass is 32.2. The SMILES string of the molecule is CCNC(=NCC(c1cccc(F)c1)N(C)C)NC1CCS(=O)(=O)C1. The number of nitrogens with zero attached hydrogens (tertiary/aromatic N) is 2. The van der Waals surface area contributed by atoms with Crippen LogP contribution in [0.5, 0.6) is 0 Å². The van der Waals surface area contributed by atoms with E-state index < -0.39 is 9.84 Å². The summed E-state index contributed by atoms with van der Waals surface area (Å²) in [6.07, 6.45) is 0.591. The van der Waals surface area contributed by atoms with Crippen LogP contribution in [0.2, 0.25) is 0 Å². The average Bonchev–Trinajstić information content (AvgIpc) is 2.86. The van der Waals surface area contributed by atoms with Gasteiger partial charge < -0.3 is 15.5 Å². The minimum absolute atomic E-state index is 0.0709. The van der Waals surface area contributed by atoms with Crippen molar-refractivity contribution in [1.29, 1.82) is 0 Å². The molecule has 6 nitrogen and oxygen atoms in total. The number of nitrogens with one attached hydrogen (secondary N) is 2. The highest BCUT2D eigenvalue weighted by Crippen LogP contribution is 2.19. The average molecular weight is 370 g/mol. The summed E-state index contributed by atoms with van der Waals surface area (Å²) in [6.45, 7) is 3.07. The second kappa shape index (κ2) is 8.62. The molecule has 0 aromatic heterocycles. The quantitative estimate of drug-likeness (QED) is 0.581. The number of benzene rings is 1. The number of hydrogen-bond acceptors (Lipinski definition) is 4. The fourth-order valence-electron chi connectivity index (χ4n) is 2.88. The molecular weight excluding hydrogens is 343 g/mol. The Bertz CT molecular complexity index is 706. The first-order valence-electron chi connectivity index (χ1n) is 8.48. The van der Waals surface area contributed by atoms with Gasteiger partial charge in [0.05, 0.1) is 24.1 Å². The van der Waals surface area contributed by atoms with Gasteiger partial charge in [0, 0.05) is 12.6 Å². The molecule has 1 aromatic rings. The van der Waals surface area contributed by atoms with Crippen molar-refractivity contribution in [1.82, 2.24) is 15.5 Å². The summed E-state index contributed by atoms with van der Waals surface area (Å²) >= 11 is 0. The van der Waals surface area contributed by atoms with Crippen LogP contribution in [0.15, 0.2) is 29.3 Å². The summed E-state index contributed by atoms with van der Waals surface area (Å²) < 4.78 is 36.7. The Balaban J connectivity index is 2.09. The van der Waals surface area contributed by atoms with Crippen molar-refractivity contribution in [2.75, 3.05) is 38.7 Å². The van der Waals surface area contributed by atoms with Crippen LogP contribution in [-0.4, -0.2) is 64.0 Å². The van der Waals surface area contributed by atoms with Crippen LogP contribution in [0, 0.1) is 5.82 Å². The van der Waals surface area contributed by atoms with E-state index in [4.69, 9.17) is 0 Å². The molecule has 1 aliphatic rings. The summed E-state index contributed by atoms with van der Waals surface area (Å²) in [6, 6.07) is 6.33. The van der Waals surface area contributed by atoms with Crippen molar-refractivity contribution in [3.8, 4) is 0 Å². The zero-order chi connectivity index (χ0) is 18.4. The molecule has 1 fully saturated rings. The second-order valence-corrected chi connectivity index (χ2v) is 8.73. The Morgan fingerprint density at radius 2 is 2.20 bits per heavy atom. The van der Waals surface area contributed by atoms with Crippen molar-refractivity contribution in [2.45, 2.75) is 25.4 Å². The molecule has 2 unspecified atom stereocenters. The Labute approximate surface area is 149 Å². The zero-order valence-corrected chi connectivity index (χ0v) is 15.8. The number of rotatable bonds is 6. The Morgan fingerprint density at radius 1 is 1.44 bits per heavy atom. The third kappa shape index (κ3) is 5.97. The van der Waals surface area contributed by atoms with Crippen LogP contribution < -0.4 is 10.6 Å². The van der Waals surface area contributed by atoms with E-state index in [1.54, 1.807) is 6.07 Å². The largest absolute Gasteiger partial charge is 0.357 e. The van der Waals surface area contributed by atoms with Gasteiger partial charge in [0.25, 0.3) is 0 Å². The third-order valence-electron chi connectivity index (χ3n) is 4.20. The molecule has 2 rings (SSSR count). The van der Waals surface area contributed by atoms with Gasteiger partial charge in [0.2, 0.25) is 0 Å². The number of sulfone groups is 1. The lowest BCUT2D eigenvalue weighted by molar-refractivity contribution is 0.305. The zero-order valence-electron chi connectivity index (χ0n) is 15.0. The Kier molecular flexibility index (Phi) is 6.78. The molecule has 1 aliphatic heterocycles. The molecule has 2 atom stereocenters. The van der Waals surface area contributed by atoms with Gasteiger partial charge >= 0.3 is 0 Å². The molecule has 1 aromatic carbocycles. The van der Waals surface area contributed by atoms with Crippen LogP contribution in [0.1, 0.15) is 24.9 Å². The lowest BCUT2D eigenvalue weighted by atomic mass is 10.1. The number of guanidine groups is 1. The monoisotopic (exact) mass is 370 g/mol. The van der Waals surface area contributed by atoms with E-state index in [0.717, 1.165) is 5.56 Å². The highest BCUT2D eigenvalue weighted by Gasteiger charge is 2.28. The van der Waals surface area contributed by atoms with Crippen molar-refractivity contribution in [3.05, 3.63) is 35.6 Å². The first-order valence-corrected chi connectivity index (χ1v) is 10.3. The minimum atomic E-state index is -2.94. The number of halogens is 1. The fourth-order valence-corrected chi connectivity index (χ4v) is 4.55. The predicted molar refractivity (Wildman–Crippen MR) is 99.0 cm³/mol. The van der Waals surface area contributed by atoms with E-state index in [-0.39, 0.29) is 29.4 Å². The number of aliphatic imine (C=N–C) groups is 1. The van der Waals surface area contributed by atoms with Crippen molar-refractivity contribution >= 4 is 15.8 Å². The van der Waals surface area contributed by atoms with E-state index in [0.29, 0.717) is 25.5 Å². The molecule has 1 saturated heterocycles. The van der Waals surface area contributed by atoms with Gasteiger partial charge in [-0.15, -0.1) is 0 Å². The van der Waals surface area contributed by atoms with Gasteiger partial charge in [0.1, 0.15) is 5.82 Å². The molecule has 0 radical (unpaired) electrons. The third-order valence-corrected chi connectivity index (χ3v) is 5.96. The maximum atomic E-state index is 13.5. The van der Waals surface area contributed by atoms with Gasteiger partial charge in [-0.05, 0) is 45.1 Å². The Hall–Kier alpha value is -1.67. The number of hydrogen-bond donors (Lipinski definition) is 2. The molecule has 1 heterocycles. The molecule has 0 aliphatic carbocycles. The van der Waals surface area contributed by atoms with E-state index in [1.807, 2.05) is 32.0 Å². The maximum absolute atomic E-state index is 13.5. The lowest BCUT2D eigenvalue weighted by Crippen LogP contribution is -2.44. The molecular formula is C17H27FN4O2S. The van der Waals surface area contributed by atoms with Crippen LogP contribution >= 0.6 is 0 Å². The normalized spacial score (nSPS) is 21.3. The number of likely N-dealkylation sites (N-methyl/N-ethyl adjacent to an activating group) is 1. The van der Waals surface area contributed by atoms with E-state index in [1.165, 1.54) is 12.1 Å². The van der Waals surface area contributed by atoms with Crippen LogP contribution in [0.3, 0.4) is 0 Å². The first kappa shape index (κ1) is 19.7. The summed E-state index contributed by atoms with van der Waals surface area (Å²) in [5, 5.41) is 6.34. The second-order valence-electron chi connectivity index (χ2n) is 6.50. The topological polar surface area (TPSA) is 73.8 Å². The van der Waals surface area contributed by atoms with Gasteiger partial charge in [0.15, 0.2) is 15.8 Å². The summed E-state index contributed by atoms with van der Waals surface area (Å²) in [5.41, 5.74) is 0.855. The summed E-state index contributed by atoms with van der Waals surface area (Å²) in [5.74, 6) is 0.675. The first-order chi connectivity index (χ1) is 11.8. The molecule has 0 amide bonds. The summed E-state index contributed by atoms with van der Waals surface area (Å²) in [4.78, 5) is 6.58. The molecule has 8 heteroatoms. The smallest absolute Gasteiger partial charge is 0.191 e. The van der Waals surface area contributed by atoms with Crippen molar-refractivity contribution in [3.63, 3.8) is 0 Å². The molecule has 0 spiro atoms. The van der Waals surface area contributed by atoms with Gasteiger partial charge in [-0.2, -0.15) is 0 Å². The van der Waals surface area contributed by atoms with Crippen molar-refractivity contribution < 1.29 is 12.8 Å². The molecule has 0 bridgehead atoms. The fraction of sp³-hybridized carbons (Fsp3) is 0.588. The van der Waals surface area contributed by atoms with Gasteiger partial charge in [-0.25, -0.2) is 12.8 Å². The molecule has 2 N–H and O–H groups in total. The maximum Gasteiger partial charge on any atom is 0.191 e. The molecule has 25 heavy (non-hydrogen) atoms. The van der Waals surface area contributed by atoms with E-state index in [2.05, 4.69) is 15.6 Å².